The number of aliphatic carboxylic acids is 1. The lowest BCUT2D eigenvalue weighted by Crippen LogP contribution is -2.34. The van der Waals surface area contributed by atoms with Gasteiger partial charge in [0.2, 0.25) is 5.43 Å². The van der Waals surface area contributed by atoms with Crippen LogP contribution in [0.25, 0.3) is 0 Å². The topological polar surface area (TPSA) is 243 Å². The van der Waals surface area contributed by atoms with Gasteiger partial charge in [0.05, 0.1) is 5.56 Å². The zero-order chi connectivity index (χ0) is 34.3. The van der Waals surface area contributed by atoms with E-state index in [0.29, 0.717) is 17.6 Å². The summed E-state index contributed by atoms with van der Waals surface area (Å²) in [5.74, 6) is 1.54. The normalized spacial score (nSPS) is 13.7. The van der Waals surface area contributed by atoms with Crippen molar-refractivity contribution in [3.05, 3.63) is 53.0 Å². The van der Waals surface area contributed by atoms with Gasteiger partial charge in [-0.2, -0.15) is 9.27 Å². The number of aromatic hydroxyl groups is 1. The molecule has 0 saturated heterocycles. The molecule has 18 heteroatoms. The number of carboxylic acids is 1. The van der Waals surface area contributed by atoms with Crippen LogP contribution in [0.4, 0.5) is 0 Å². The molecule has 1 atom stereocenters. The number of rotatable bonds is 6. The number of aromatic amines is 2. The van der Waals surface area contributed by atoms with E-state index >= 15 is 0 Å². The number of carboxylic acid groups (broad SMARTS) is 1. The van der Waals surface area contributed by atoms with Crippen LogP contribution in [-0.4, -0.2) is 46.5 Å². The van der Waals surface area contributed by atoms with Crippen LogP contribution < -0.4 is 22.1 Å². The molecule has 3 aromatic rings. The fraction of sp³-hybridized carbons (Fsp3) is 0.615. The minimum Gasteiger partial charge on any atom is -0.504 e. The Morgan fingerprint density at radius 2 is 1.48 bits per heavy atom. The Morgan fingerprint density at radius 1 is 0.909 bits per heavy atom. The maximum atomic E-state index is 10.6. The van der Waals surface area contributed by atoms with E-state index in [1.165, 1.54) is 0 Å². The number of nitrogens with zero attached hydrogens (tertiary/aromatic N) is 3. The van der Waals surface area contributed by atoms with E-state index in [9.17, 15) is 23.4 Å². The molecule has 0 bridgehead atoms. The average Bonchev–Trinajstić information content (AvgIpc) is 3.66. The third-order valence-electron chi connectivity index (χ3n) is 5.02. The van der Waals surface area contributed by atoms with E-state index < -0.39 is 33.8 Å². The van der Waals surface area contributed by atoms with Crippen molar-refractivity contribution in [1.82, 2.24) is 25.8 Å². The summed E-state index contributed by atoms with van der Waals surface area (Å²) in [5, 5.41) is 23.0. The third-order valence-corrected chi connectivity index (χ3v) is 5.77. The van der Waals surface area contributed by atoms with E-state index in [1.54, 1.807) is 13.8 Å². The van der Waals surface area contributed by atoms with Crippen LogP contribution in [0.3, 0.4) is 0 Å². The van der Waals surface area contributed by atoms with Crippen LogP contribution in [0.1, 0.15) is 111 Å². The van der Waals surface area contributed by atoms with Gasteiger partial charge in [-0.1, -0.05) is 74.4 Å². The molecule has 1 unspecified atom stereocenters. The number of nitrogens with one attached hydrogen (secondary N) is 3. The van der Waals surface area contributed by atoms with Gasteiger partial charge in [-0.25, -0.2) is 19.6 Å². The summed E-state index contributed by atoms with van der Waals surface area (Å²) in [7, 11) is 0. The molecule has 0 aliphatic carbocycles. The van der Waals surface area contributed by atoms with Crippen LogP contribution in [0.15, 0.2) is 27.8 Å². The number of H-pyrrole nitrogens is 2. The van der Waals surface area contributed by atoms with Crippen molar-refractivity contribution >= 4 is 35.3 Å². The van der Waals surface area contributed by atoms with Gasteiger partial charge in [-0.15, -0.1) is 4.40 Å². The first-order chi connectivity index (χ1) is 20.3. The minimum absolute atomic E-state index is 0.0507. The molecule has 5 N–H and O–H groups in total. The minimum atomic E-state index is -1.50. The van der Waals surface area contributed by atoms with E-state index in [2.05, 4.69) is 51.2 Å². The standard InChI is InChI=1S/C7H8O3.C5H8N2O2.C5H8N2OS.C5H10O2.C4H8N2O2S/c1-3(2)4-5(8)7(10)6(4)9;1-3(2)4-6-5(8)9-7-4;1-3(2)4-6-5(9)8-7-4;1-4(2)3-5(6)7;1-3(2)4-5-8-9(7)6-4/h3,8H,1-2H3;3H,1-2H3,(H,6,7,8);3H,1-2H3,(H,6,7,9);4H,3H2,1-2H3,(H,6,7);3H,1-2H3,(H,5,6). The Morgan fingerprint density at radius 3 is 1.66 bits per heavy atom. The monoisotopic (exact) mass is 662 g/mol. The van der Waals surface area contributed by atoms with Gasteiger partial charge in [-0.3, -0.25) is 23.9 Å². The first-order valence-electron chi connectivity index (χ1n) is 13.6. The van der Waals surface area contributed by atoms with Crippen molar-refractivity contribution in [2.45, 2.75) is 93.4 Å². The highest BCUT2D eigenvalue weighted by Gasteiger charge is 2.21. The molecule has 2 aromatic heterocycles. The Kier molecular flexibility index (Phi) is 17.8. The first kappa shape index (κ1) is 40.2. The van der Waals surface area contributed by atoms with Crippen molar-refractivity contribution < 1.29 is 32.5 Å². The number of hydroxylamine groups is 1. The Balaban J connectivity index is 0.000000528. The van der Waals surface area contributed by atoms with Crippen molar-refractivity contribution in [3.63, 3.8) is 0 Å². The SMILES string of the molecule is CC(C)C1=NS(=O)ON1.CC(C)CC(=O)O.CC(C)c1c(O)c(=O)c1=O.CC(C)c1nc(=S)o[nH]1.CC(C)c1noc(=O)[nH]1. The van der Waals surface area contributed by atoms with Crippen molar-refractivity contribution in [2.24, 2.45) is 16.2 Å². The van der Waals surface area contributed by atoms with Crippen LogP contribution in [0.5, 0.6) is 5.75 Å². The summed E-state index contributed by atoms with van der Waals surface area (Å²) in [4.78, 5) is 47.8. The number of aromatic nitrogens is 4. The molecule has 1 aromatic carbocycles. The second-order valence-corrected chi connectivity index (χ2v) is 12.0. The molecule has 44 heavy (non-hydrogen) atoms. The fourth-order valence-corrected chi connectivity index (χ4v) is 3.42. The maximum absolute atomic E-state index is 10.6. The summed E-state index contributed by atoms with van der Waals surface area (Å²) < 4.78 is 27.5. The lowest BCUT2D eigenvalue weighted by atomic mass is 9.98. The molecule has 248 valence electrons. The van der Waals surface area contributed by atoms with Gasteiger partial charge < -0.3 is 14.7 Å². The lowest BCUT2D eigenvalue weighted by Gasteiger charge is -2.06. The van der Waals surface area contributed by atoms with Gasteiger partial charge in [0.1, 0.15) is 11.7 Å². The molecule has 16 nitrogen and oxygen atoms in total. The Bertz CT molecular complexity index is 1490. The third kappa shape index (κ3) is 15.1. The highest BCUT2D eigenvalue weighted by atomic mass is 32.2. The zero-order valence-electron chi connectivity index (χ0n) is 26.4. The molecule has 1 aliphatic heterocycles. The predicted molar refractivity (Wildman–Crippen MR) is 166 cm³/mol. The second-order valence-electron chi connectivity index (χ2n) is 10.9. The van der Waals surface area contributed by atoms with Gasteiger partial charge >= 0.3 is 27.8 Å². The maximum Gasteiger partial charge on any atom is 0.438 e. The number of carbonyl (C=O) groups is 1. The van der Waals surface area contributed by atoms with E-state index in [4.69, 9.17) is 14.7 Å². The summed E-state index contributed by atoms with van der Waals surface area (Å²) >= 11 is 3.15. The number of hydrogen-bond donors (Lipinski definition) is 5. The highest BCUT2D eigenvalue weighted by molar-refractivity contribution is 7.79. The molecule has 4 rings (SSSR count). The van der Waals surface area contributed by atoms with Gasteiger partial charge in [0, 0.05) is 24.2 Å². The fourth-order valence-electron chi connectivity index (χ4n) is 2.68. The lowest BCUT2D eigenvalue weighted by molar-refractivity contribution is -0.137. The van der Waals surface area contributed by atoms with Crippen molar-refractivity contribution in [3.8, 4) is 5.75 Å². The smallest absolute Gasteiger partial charge is 0.438 e. The summed E-state index contributed by atoms with van der Waals surface area (Å²) in [6.45, 7) is 19.1. The van der Waals surface area contributed by atoms with Gasteiger partial charge in [-0.05, 0) is 24.1 Å². The quantitative estimate of drug-likeness (QED) is 0.187. The molecule has 0 amide bonds. The highest BCUT2D eigenvalue weighted by Crippen LogP contribution is 2.18. The molecular formula is C26H42N6O10S2. The molecule has 0 saturated carbocycles. The summed E-state index contributed by atoms with van der Waals surface area (Å²) in [5.41, 5.74) is 1.44. The molecule has 0 radical (unpaired) electrons. The second kappa shape index (κ2) is 19.5. The number of amidine groups is 1. The Labute approximate surface area is 261 Å². The van der Waals surface area contributed by atoms with Gasteiger partial charge in [0.15, 0.2) is 11.6 Å². The van der Waals surface area contributed by atoms with Crippen LogP contribution in [0, 0.1) is 16.7 Å². The van der Waals surface area contributed by atoms with Crippen LogP contribution in [-0.2, 0) is 20.3 Å². The average molecular weight is 663 g/mol. The van der Waals surface area contributed by atoms with Gasteiger partial charge in [0.25, 0.3) is 5.43 Å². The largest absolute Gasteiger partial charge is 0.504 e. The van der Waals surface area contributed by atoms with E-state index in [0.717, 1.165) is 5.82 Å². The first-order valence-corrected chi connectivity index (χ1v) is 15.0. The molecule has 0 fully saturated rings. The van der Waals surface area contributed by atoms with Crippen molar-refractivity contribution in [2.75, 3.05) is 0 Å². The summed E-state index contributed by atoms with van der Waals surface area (Å²) in [6, 6.07) is 0. The summed E-state index contributed by atoms with van der Waals surface area (Å²) in [6.07, 6.45) is 0.278. The molecule has 1 aliphatic rings. The number of hydrogen-bond acceptors (Lipinski definition) is 13. The van der Waals surface area contributed by atoms with E-state index in [1.807, 2.05) is 55.4 Å². The van der Waals surface area contributed by atoms with E-state index in [-0.39, 0.29) is 46.2 Å². The molecular weight excluding hydrogens is 620 g/mol. The van der Waals surface area contributed by atoms with Crippen LogP contribution in [0.2, 0.25) is 0 Å². The molecule has 0 spiro atoms. The predicted octanol–water partition coefficient (Wildman–Crippen LogP) is 3.72. The molecule has 3 heterocycles. The van der Waals surface area contributed by atoms with Crippen molar-refractivity contribution in [1.29, 1.82) is 0 Å². The Hall–Kier alpha value is -3.77. The van der Waals surface area contributed by atoms with Crippen LogP contribution >= 0.6 is 12.2 Å². The zero-order valence-corrected chi connectivity index (χ0v) is 28.0.